The Balaban J connectivity index is 1.93. The molecule has 0 aromatic heterocycles. The van der Waals surface area contributed by atoms with Gasteiger partial charge < -0.3 is 9.64 Å². The molecule has 0 bridgehead atoms. The Kier molecular flexibility index (Phi) is 8.71. The maximum Gasteiger partial charge on any atom is 0.411 e. The minimum absolute atomic E-state index is 0.0295. The number of aryl methyl sites for hydroxylation is 1. The van der Waals surface area contributed by atoms with Crippen LogP contribution in [0.25, 0.3) is 0 Å². The third kappa shape index (κ3) is 8.34. The van der Waals surface area contributed by atoms with Gasteiger partial charge in [0.15, 0.2) is 0 Å². The summed E-state index contributed by atoms with van der Waals surface area (Å²) < 4.78 is 68.7. The molecule has 1 aliphatic heterocycles. The fourth-order valence-corrected chi connectivity index (χ4v) is 4.83. The van der Waals surface area contributed by atoms with Gasteiger partial charge in [0.25, 0.3) is 5.91 Å². The number of sulfonamides is 1. The molecule has 0 atom stereocenters. The van der Waals surface area contributed by atoms with E-state index in [-0.39, 0.29) is 17.4 Å². The molecular weight excluding hydrogens is 447 g/mol. The second-order valence-corrected chi connectivity index (χ2v) is 10.7. The van der Waals surface area contributed by atoms with Crippen LogP contribution in [0.15, 0.2) is 23.1 Å². The van der Waals surface area contributed by atoms with Crippen LogP contribution in [0.3, 0.4) is 0 Å². The highest BCUT2D eigenvalue weighted by atomic mass is 32.2. The molecule has 1 aromatic carbocycles. The molecule has 182 valence electrons. The highest BCUT2D eigenvalue weighted by Crippen LogP contribution is 2.20. The SMILES string of the molecule is Cc1ccc(S(=O)(=O)NC(C)(C)C)cc1C(=O)N1CCN(CCCOCC(F)(F)F)CC1. The van der Waals surface area contributed by atoms with Gasteiger partial charge in [0.05, 0.1) is 4.90 Å². The van der Waals surface area contributed by atoms with Gasteiger partial charge in [0, 0.05) is 50.4 Å². The normalized spacial score (nSPS) is 16.4. The van der Waals surface area contributed by atoms with Gasteiger partial charge in [-0.3, -0.25) is 9.69 Å². The molecule has 0 unspecified atom stereocenters. The van der Waals surface area contributed by atoms with Crippen LogP contribution < -0.4 is 4.72 Å². The van der Waals surface area contributed by atoms with E-state index < -0.39 is 28.3 Å². The van der Waals surface area contributed by atoms with Crippen LogP contribution in [-0.2, 0) is 14.8 Å². The lowest BCUT2D eigenvalue weighted by atomic mass is 10.1. The summed E-state index contributed by atoms with van der Waals surface area (Å²) in [5.41, 5.74) is 0.381. The van der Waals surface area contributed by atoms with Crippen LogP contribution in [0, 0.1) is 6.92 Å². The number of ether oxygens (including phenoxy) is 1. The molecule has 1 amide bonds. The molecule has 0 aliphatic carbocycles. The number of halogens is 3. The molecule has 1 heterocycles. The molecule has 0 spiro atoms. The van der Waals surface area contributed by atoms with E-state index in [9.17, 15) is 26.4 Å². The Bertz CT molecular complexity index is 891. The molecule has 2 rings (SSSR count). The Morgan fingerprint density at radius 2 is 1.75 bits per heavy atom. The van der Waals surface area contributed by atoms with Crippen molar-refractivity contribution in [2.24, 2.45) is 0 Å². The maximum atomic E-state index is 13.1. The minimum Gasteiger partial charge on any atom is -0.372 e. The molecule has 0 saturated carbocycles. The zero-order valence-corrected chi connectivity index (χ0v) is 19.8. The van der Waals surface area contributed by atoms with Crippen molar-refractivity contribution in [3.8, 4) is 0 Å². The van der Waals surface area contributed by atoms with Crippen LogP contribution in [0.2, 0.25) is 0 Å². The summed E-state index contributed by atoms with van der Waals surface area (Å²) >= 11 is 0. The van der Waals surface area contributed by atoms with E-state index in [0.717, 1.165) is 0 Å². The first kappa shape index (κ1) is 26.6. The molecule has 1 saturated heterocycles. The first-order chi connectivity index (χ1) is 14.7. The largest absolute Gasteiger partial charge is 0.411 e. The van der Waals surface area contributed by atoms with Gasteiger partial charge >= 0.3 is 6.18 Å². The summed E-state index contributed by atoms with van der Waals surface area (Å²) in [6, 6.07) is 4.52. The van der Waals surface area contributed by atoms with Gasteiger partial charge in [0.1, 0.15) is 6.61 Å². The smallest absolute Gasteiger partial charge is 0.372 e. The number of hydrogen-bond donors (Lipinski definition) is 1. The van der Waals surface area contributed by atoms with Gasteiger partial charge in [-0.05, 0) is 51.8 Å². The fraction of sp³-hybridized carbons (Fsp3) is 0.667. The minimum atomic E-state index is -4.32. The lowest BCUT2D eigenvalue weighted by Crippen LogP contribution is -2.49. The van der Waals surface area contributed by atoms with E-state index in [1.165, 1.54) is 12.1 Å². The molecular formula is C21H32F3N3O4S. The Hall–Kier alpha value is -1.69. The van der Waals surface area contributed by atoms with Crippen LogP contribution in [0.4, 0.5) is 13.2 Å². The predicted molar refractivity (Wildman–Crippen MR) is 115 cm³/mol. The van der Waals surface area contributed by atoms with E-state index in [0.29, 0.717) is 50.3 Å². The first-order valence-electron chi connectivity index (χ1n) is 10.5. The number of rotatable bonds is 8. The van der Waals surface area contributed by atoms with Crippen molar-refractivity contribution in [2.45, 2.75) is 50.7 Å². The summed E-state index contributed by atoms with van der Waals surface area (Å²) in [4.78, 5) is 16.8. The number of benzene rings is 1. The molecule has 1 N–H and O–H groups in total. The average molecular weight is 480 g/mol. The number of nitrogens with one attached hydrogen (secondary N) is 1. The molecule has 7 nitrogen and oxygen atoms in total. The summed E-state index contributed by atoms with van der Waals surface area (Å²) in [6.07, 6.45) is -3.84. The molecule has 32 heavy (non-hydrogen) atoms. The molecule has 1 fully saturated rings. The van der Waals surface area contributed by atoms with Crippen molar-refractivity contribution in [1.29, 1.82) is 0 Å². The third-order valence-corrected chi connectivity index (χ3v) is 6.63. The first-order valence-corrected chi connectivity index (χ1v) is 12.0. The van der Waals surface area contributed by atoms with Crippen LogP contribution in [0.5, 0.6) is 0 Å². The lowest BCUT2D eigenvalue weighted by molar-refractivity contribution is -0.174. The van der Waals surface area contributed by atoms with Crippen molar-refractivity contribution in [2.75, 3.05) is 45.9 Å². The van der Waals surface area contributed by atoms with Crippen molar-refractivity contribution < 1.29 is 31.1 Å². The number of amides is 1. The number of nitrogens with zero attached hydrogens (tertiary/aromatic N) is 2. The summed E-state index contributed by atoms with van der Waals surface area (Å²) in [5.74, 6) is -0.233. The predicted octanol–water partition coefficient (Wildman–Crippen LogP) is 2.80. The Morgan fingerprint density at radius 3 is 2.31 bits per heavy atom. The molecule has 11 heteroatoms. The average Bonchev–Trinajstić information content (AvgIpc) is 2.65. The van der Waals surface area contributed by atoms with Crippen molar-refractivity contribution in [1.82, 2.24) is 14.5 Å². The fourth-order valence-electron chi connectivity index (χ4n) is 3.38. The van der Waals surface area contributed by atoms with E-state index in [4.69, 9.17) is 0 Å². The monoisotopic (exact) mass is 479 g/mol. The van der Waals surface area contributed by atoms with Crippen LogP contribution >= 0.6 is 0 Å². The molecule has 1 aromatic rings. The highest BCUT2D eigenvalue weighted by molar-refractivity contribution is 7.89. The van der Waals surface area contributed by atoms with E-state index in [1.54, 1.807) is 38.7 Å². The molecule has 1 aliphatic rings. The van der Waals surface area contributed by atoms with Crippen LogP contribution in [0.1, 0.15) is 43.1 Å². The van der Waals surface area contributed by atoms with E-state index in [2.05, 4.69) is 14.4 Å². The number of alkyl halides is 3. The zero-order chi connectivity index (χ0) is 24.2. The van der Waals surface area contributed by atoms with Crippen molar-refractivity contribution in [3.63, 3.8) is 0 Å². The van der Waals surface area contributed by atoms with Crippen molar-refractivity contribution in [3.05, 3.63) is 29.3 Å². The summed E-state index contributed by atoms with van der Waals surface area (Å²) in [7, 11) is -3.77. The topological polar surface area (TPSA) is 79.0 Å². The van der Waals surface area contributed by atoms with Crippen molar-refractivity contribution >= 4 is 15.9 Å². The highest BCUT2D eigenvalue weighted by Gasteiger charge is 2.28. The summed E-state index contributed by atoms with van der Waals surface area (Å²) in [6.45, 7) is 8.46. The number of piperazine rings is 1. The number of carbonyl (C=O) groups is 1. The van der Waals surface area contributed by atoms with Gasteiger partial charge in [-0.1, -0.05) is 6.07 Å². The van der Waals surface area contributed by atoms with Gasteiger partial charge in [-0.2, -0.15) is 13.2 Å². The Morgan fingerprint density at radius 1 is 1.12 bits per heavy atom. The zero-order valence-electron chi connectivity index (χ0n) is 19.0. The van der Waals surface area contributed by atoms with Gasteiger partial charge in [-0.15, -0.1) is 0 Å². The standard InChI is InChI=1S/C21H32F3N3O4S/c1-16-6-7-17(32(29,30)25-20(2,3)4)14-18(16)19(28)27-11-9-26(10-12-27)8-5-13-31-15-21(22,23)24/h6-7,14,25H,5,8-13,15H2,1-4H3. The quantitative estimate of drug-likeness (QED) is 0.580. The third-order valence-electron chi connectivity index (χ3n) is 4.88. The lowest BCUT2D eigenvalue weighted by Gasteiger charge is -2.35. The Labute approximate surface area is 188 Å². The number of hydrogen-bond acceptors (Lipinski definition) is 5. The maximum absolute atomic E-state index is 13.1. The van der Waals surface area contributed by atoms with E-state index >= 15 is 0 Å². The van der Waals surface area contributed by atoms with Gasteiger partial charge in [0.2, 0.25) is 10.0 Å². The number of carbonyl (C=O) groups excluding carboxylic acids is 1. The van der Waals surface area contributed by atoms with E-state index in [1.807, 2.05) is 0 Å². The van der Waals surface area contributed by atoms with Gasteiger partial charge in [-0.25, -0.2) is 13.1 Å². The molecule has 0 radical (unpaired) electrons. The van der Waals surface area contributed by atoms with Crippen LogP contribution in [-0.4, -0.2) is 81.8 Å². The second-order valence-electron chi connectivity index (χ2n) is 8.99. The summed E-state index contributed by atoms with van der Waals surface area (Å²) in [5, 5.41) is 0. The second kappa shape index (κ2) is 10.5.